The van der Waals surface area contributed by atoms with Gasteiger partial charge >= 0.3 is 0 Å². The molecule has 5 rings (SSSR count). The van der Waals surface area contributed by atoms with Gasteiger partial charge in [0, 0.05) is 53.8 Å². The van der Waals surface area contributed by atoms with E-state index in [1.54, 1.807) is 0 Å². The summed E-state index contributed by atoms with van der Waals surface area (Å²) >= 11 is 3.47. The van der Waals surface area contributed by atoms with Crippen LogP contribution in [0.1, 0.15) is 12.0 Å². The fourth-order valence-electron chi connectivity index (χ4n) is 4.20. The van der Waals surface area contributed by atoms with Crippen LogP contribution >= 0.6 is 15.9 Å². The third kappa shape index (κ3) is 4.23. The maximum absolute atomic E-state index is 13.0. The zero-order valence-corrected chi connectivity index (χ0v) is 18.7. The number of rotatable bonds is 4. The number of carbonyl (C=O) groups is 1. The van der Waals surface area contributed by atoms with Crippen LogP contribution in [0.2, 0.25) is 0 Å². The van der Waals surface area contributed by atoms with Gasteiger partial charge in [0.2, 0.25) is 5.91 Å². The molecule has 0 unspecified atom stereocenters. The highest BCUT2D eigenvalue weighted by atomic mass is 79.9. The molecule has 1 saturated heterocycles. The van der Waals surface area contributed by atoms with Crippen molar-refractivity contribution in [1.82, 2.24) is 20.1 Å². The van der Waals surface area contributed by atoms with Gasteiger partial charge in [-0.3, -0.25) is 9.89 Å². The number of nitrogens with one attached hydrogen (secondary N) is 2. The Bertz CT molecular complexity index is 1200. The maximum atomic E-state index is 13.0. The second-order valence-corrected chi connectivity index (χ2v) is 8.82. The first-order valence-electron chi connectivity index (χ1n) is 10.6. The molecule has 6 nitrogen and oxygen atoms in total. The van der Waals surface area contributed by atoms with Crippen LogP contribution in [0.5, 0.6) is 0 Å². The molecule has 2 N–H and O–H groups in total. The lowest BCUT2D eigenvalue weighted by atomic mass is 10.1. The third-order valence-electron chi connectivity index (χ3n) is 5.91. The summed E-state index contributed by atoms with van der Waals surface area (Å²) in [5.41, 5.74) is 4.24. The number of aromatic nitrogens is 3. The zero-order valence-electron chi connectivity index (χ0n) is 17.1. The van der Waals surface area contributed by atoms with E-state index in [0.717, 1.165) is 64.1 Å². The molecule has 0 saturated carbocycles. The molecule has 3 heterocycles. The van der Waals surface area contributed by atoms with E-state index in [0.29, 0.717) is 13.0 Å². The Morgan fingerprint density at radius 2 is 1.87 bits per heavy atom. The standard InChI is InChI=1S/C24H24BrN5O/c25-19-8-6-17(7-9-19)22-15-23(28-27-22)29-10-3-11-30(13-12-29)24(31)14-18-16-26-21-5-2-1-4-20(18)21/h1-2,4-9,15-16,26H,3,10-14H2,(H,27,28). The molecule has 2 aromatic carbocycles. The number of benzene rings is 2. The van der Waals surface area contributed by atoms with Crippen molar-refractivity contribution in [3.8, 4) is 11.3 Å². The molecule has 2 aromatic heterocycles. The largest absolute Gasteiger partial charge is 0.361 e. The van der Waals surface area contributed by atoms with Crippen LogP contribution < -0.4 is 4.90 Å². The second-order valence-electron chi connectivity index (χ2n) is 7.90. The number of aromatic amines is 2. The Morgan fingerprint density at radius 3 is 2.74 bits per heavy atom. The first kappa shape index (κ1) is 19.9. The number of para-hydroxylation sites is 1. The van der Waals surface area contributed by atoms with E-state index in [4.69, 9.17) is 0 Å². The first-order chi connectivity index (χ1) is 15.2. The molecule has 7 heteroatoms. The number of H-pyrrole nitrogens is 2. The van der Waals surface area contributed by atoms with Crippen molar-refractivity contribution < 1.29 is 4.79 Å². The van der Waals surface area contributed by atoms with Gasteiger partial charge in [0.15, 0.2) is 5.82 Å². The summed E-state index contributed by atoms with van der Waals surface area (Å²) in [6.07, 6.45) is 3.32. The molecule has 31 heavy (non-hydrogen) atoms. The van der Waals surface area contributed by atoms with E-state index in [-0.39, 0.29) is 5.91 Å². The SMILES string of the molecule is O=C(Cc1c[nH]c2ccccc12)N1CCCN(c2cc(-c3ccc(Br)cc3)[nH]n2)CC1. The van der Waals surface area contributed by atoms with Crippen LogP contribution in [0.15, 0.2) is 65.3 Å². The average Bonchev–Trinajstić information content (AvgIpc) is 3.36. The minimum Gasteiger partial charge on any atom is -0.361 e. The van der Waals surface area contributed by atoms with Gasteiger partial charge in [-0.05, 0) is 35.7 Å². The quantitative estimate of drug-likeness (QED) is 0.451. The normalized spacial score (nSPS) is 14.7. The number of hydrogen-bond donors (Lipinski definition) is 2. The predicted molar refractivity (Wildman–Crippen MR) is 127 cm³/mol. The van der Waals surface area contributed by atoms with Gasteiger partial charge in [-0.25, -0.2) is 0 Å². The van der Waals surface area contributed by atoms with Crippen LogP contribution in [-0.4, -0.2) is 52.2 Å². The molecule has 0 radical (unpaired) electrons. The Kier molecular flexibility index (Phi) is 5.51. The molecule has 4 aromatic rings. The highest BCUT2D eigenvalue weighted by molar-refractivity contribution is 9.10. The highest BCUT2D eigenvalue weighted by Gasteiger charge is 2.21. The van der Waals surface area contributed by atoms with Crippen molar-refractivity contribution >= 4 is 38.6 Å². The van der Waals surface area contributed by atoms with Crippen LogP contribution in [-0.2, 0) is 11.2 Å². The maximum Gasteiger partial charge on any atom is 0.227 e. The van der Waals surface area contributed by atoms with E-state index in [1.807, 2.05) is 41.4 Å². The summed E-state index contributed by atoms with van der Waals surface area (Å²) < 4.78 is 1.06. The van der Waals surface area contributed by atoms with Crippen molar-refractivity contribution in [1.29, 1.82) is 0 Å². The van der Waals surface area contributed by atoms with Crippen LogP contribution in [0.4, 0.5) is 5.82 Å². The lowest BCUT2D eigenvalue weighted by Gasteiger charge is -2.22. The molecule has 1 aliphatic heterocycles. The lowest BCUT2D eigenvalue weighted by molar-refractivity contribution is -0.130. The van der Waals surface area contributed by atoms with E-state index in [9.17, 15) is 4.79 Å². The van der Waals surface area contributed by atoms with Gasteiger partial charge < -0.3 is 14.8 Å². The molecule has 0 aliphatic carbocycles. The Balaban J connectivity index is 1.24. The van der Waals surface area contributed by atoms with Gasteiger partial charge in [-0.1, -0.05) is 46.3 Å². The highest BCUT2D eigenvalue weighted by Crippen LogP contribution is 2.24. The monoisotopic (exact) mass is 477 g/mol. The summed E-state index contributed by atoms with van der Waals surface area (Å²) in [5.74, 6) is 1.12. The van der Waals surface area contributed by atoms with Gasteiger partial charge in [0.25, 0.3) is 0 Å². The van der Waals surface area contributed by atoms with Crippen molar-refractivity contribution in [3.05, 3.63) is 70.8 Å². The number of halogens is 1. The molecule has 1 aliphatic rings. The summed E-state index contributed by atoms with van der Waals surface area (Å²) in [5, 5.41) is 8.80. The lowest BCUT2D eigenvalue weighted by Crippen LogP contribution is -2.36. The Labute approximate surface area is 189 Å². The molecule has 158 valence electrons. The Hall–Kier alpha value is -3.06. The number of amides is 1. The van der Waals surface area contributed by atoms with Gasteiger partial charge in [-0.15, -0.1) is 0 Å². The van der Waals surface area contributed by atoms with E-state index >= 15 is 0 Å². The summed E-state index contributed by atoms with van der Waals surface area (Å²) in [6.45, 7) is 3.16. The minimum absolute atomic E-state index is 0.184. The summed E-state index contributed by atoms with van der Waals surface area (Å²) in [6, 6.07) is 18.4. The molecule has 1 fully saturated rings. The first-order valence-corrected chi connectivity index (χ1v) is 11.4. The molecular formula is C24H24BrN5O. The smallest absolute Gasteiger partial charge is 0.227 e. The summed E-state index contributed by atoms with van der Waals surface area (Å²) in [4.78, 5) is 20.5. The van der Waals surface area contributed by atoms with Crippen molar-refractivity contribution in [2.45, 2.75) is 12.8 Å². The van der Waals surface area contributed by atoms with Crippen LogP contribution in [0, 0.1) is 0 Å². The minimum atomic E-state index is 0.184. The van der Waals surface area contributed by atoms with Crippen LogP contribution in [0.25, 0.3) is 22.2 Å². The molecular weight excluding hydrogens is 454 g/mol. The fraction of sp³-hybridized carbons (Fsp3) is 0.250. The predicted octanol–water partition coefficient (Wildman–Crippen LogP) is 4.60. The van der Waals surface area contributed by atoms with E-state index in [2.05, 4.69) is 60.3 Å². The zero-order chi connectivity index (χ0) is 21.2. The molecule has 0 spiro atoms. The van der Waals surface area contributed by atoms with Crippen molar-refractivity contribution in [2.75, 3.05) is 31.1 Å². The van der Waals surface area contributed by atoms with Crippen molar-refractivity contribution in [3.63, 3.8) is 0 Å². The number of hydrogen-bond acceptors (Lipinski definition) is 3. The summed E-state index contributed by atoms with van der Waals surface area (Å²) in [7, 11) is 0. The second kappa shape index (κ2) is 8.59. The van der Waals surface area contributed by atoms with Gasteiger partial charge in [-0.2, -0.15) is 5.10 Å². The topological polar surface area (TPSA) is 68.0 Å². The molecule has 1 amide bonds. The van der Waals surface area contributed by atoms with E-state index in [1.165, 1.54) is 0 Å². The fourth-order valence-corrected chi connectivity index (χ4v) is 4.46. The third-order valence-corrected chi connectivity index (χ3v) is 6.44. The van der Waals surface area contributed by atoms with Crippen molar-refractivity contribution in [2.24, 2.45) is 0 Å². The van der Waals surface area contributed by atoms with Gasteiger partial charge in [0.05, 0.1) is 12.1 Å². The number of nitrogens with zero attached hydrogens (tertiary/aromatic N) is 3. The molecule has 0 bridgehead atoms. The van der Waals surface area contributed by atoms with Crippen LogP contribution in [0.3, 0.4) is 0 Å². The number of fused-ring (bicyclic) bond motifs is 1. The Morgan fingerprint density at radius 1 is 1.03 bits per heavy atom. The average molecular weight is 478 g/mol. The van der Waals surface area contributed by atoms with E-state index < -0.39 is 0 Å². The molecule has 0 atom stereocenters. The number of carbonyl (C=O) groups excluding carboxylic acids is 1. The number of anilines is 1. The van der Waals surface area contributed by atoms with Gasteiger partial charge in [0.1, 0.15) is 0 Å².